The Labute approximate surface area is 203 Å². The van der Waals surface area contributed by atoms with Gasteiger partial charge < -0.3 is 26.2 Å². The van der Waals surface area contributed by atoms with Crippen molar-refractivity contribution in [3.05, 3.63) is 20.8 Å². The van der Waals surface area contributed by atoms with Crippen LogP contribution in [0.2, 0.25) is 0 Å². The standard InChI is InChI=1S/3C9H19.H2O.Ti/c3*1-3-5-7-9-8-6-4-2;;/h3*1,3-9H2,2H3;1H2;/q3*-1;;+4/p-1. The van der Waals surface area contributed by atoms with Crippen molar-refractivity contribution in [1.82, 2.24) is 0 Å². The second-order valence-corrected chi connectivity index (χ2v) is 7.86. The third-order valence-electron chi connectivity index (χ3n) is 4.81. The van der Waals surface area contributed by atoms with E-state index in [4.69, 9.17) is 0 Å². The normalized spacial score (nSPS) is 9.31. The smallest absolute Gasteiger partial charge is 0.870 e. The number of unbranched alkanes of at least 4 members (excludes halogenated alkanes) is 18. The van der Waals surface area contributed by atoms with Crippen molar-refractivity contribution in [1.29, 1.82) is 0 Å². The largest absolute Gasteiger partial charge is 4.00 e. The van der Waals surface area contributed by atoms with Crippen molar-refractivity contribution < 1.29 is 27.2 Å². The van der Waals surface area contributed by atoms with E-state index >= 15 is 0 Å². The number of hydrogen-bond donors (Lipinski definition) is 0. The molecule has 0 saturated heterocycles. The summed E-state index contributed by atoms with van der Waals surface area (Å²) in [5.74, 6) is 0. The summed E-state index contributed by atoms with van der Waals surface area (Å²) in [6.45, 7) is 18.2. The van der Waals surface area contributed by atoms with Crippen LogP contribution in [0, 0.1) is 20.8 Å². The number of hydrogen-bond acceptors (Lipinski definition) is 1. The fourth-order valence-corrected chi connectivity index (χ4v) is 2.87. The molecule has 0 rings (SSSR count). The molecule has 0 aromatic heterocycles. The zero-order valence-electron chi connectivity index (χ0n) is 20.9. The second-order valence-electron chi connectivity index (χ2n) is 7.86. The van der Waals surface area contributed by atoms with Gasteiger partial charge >= 0.3 is 21.7 Å². The van der Waals surface area contributed by atoms with Crippen molar-refractivity contribution >= 4 is 0 Å². The Bertz CT molecular complexity index is 146. The fraction of sp³-hybridized carbons (Fsp3) is 0.889. The van der Waals surface area contributed by atoms with Gasteiger partial charge in [0.2, 0.25) is 0 Å². The Hall–Kier alpha value is 0.674. The molecular weight excluding hydrogens is 388 g/mol. The first-order chi connectivity index (χ1) is 13.2. The molecular formula is C27H58OTi. The molecule has 2 heteroatoms. The molecule has 1 nitrogen and oxygen atoms in total. The van der Waals surface area contributed by atoms with Gasteiger partial charge in [0.1, 0.15) is 0 Å². The van der Waals surface area contributed by atoms with Gasteiger partial charge in [-0.05, 0) is 0 Å². The Morgan fingerprint density at radius 1 is 0.345 bits per heavy atom. The van der Waals surface area contributed by atoms with Crippen molar-refractivity contribution in [2.24, 2.45) is 0 Å². The van der Waals surface area contributed by atoms with Gasteiger partial charge in [-0.15, -0.1) is 0 Å². The van der Waals surface area contributed by atoms with E-state index in [1.165, 1.54) is 116 Å². The summed E-state index contributed by atoms with van der Waals surface area (Å²) in [7, 11) is 0. The molecule has 29 heavy (non-hydrogen) atoms. The van der Waals surface area contributed by atoms with Gasteiger partial charge in [-0.2, -0.15) is 19.3 Å². The Morgan fingerprint density at radius 2 is 0.517 bits per heavy atom. The van der Waals surface area contributed by atoms with Crippen LogP contribution in [-0.2, 0) is 21.7 Å². The van der Waals surface area contributed by atoms with E-state index in [0.29, 0.717) is 0 Å². The first kappa shape index (κ1) is 40.1. The molecule has 0 heterocycles. The summed E-state index contributed by atoms with van der Waals surface area (Å²) in [6.07, 6.45) is 28.3. The van der Waals surface area contributed by atoms with Crippen molar-refractivity contribution in [3.8, 4) is 0 Å². The molecule has 0 aliphatic carbocycles. The maximum atomic E-state index is 3.80. The topological polar surface area (TPSA) is 30.0 Å². The SMILES string of the molecule is [CH2-]CCCCCCCC.[CH2-]CCCCCCCC.[CH2-]CCCCCCCC.[OH-].[Ti+4]. The summed E-state index contributed by atoms with van der Waals surface area (Å²) in [5, 5.41) is 0. The molecule has 0 aromatic carbocycles. The average Bonchev–Trinajstić information content (AvgIpc) is 2.69. The maximum absolute atomic E-state index is 3.80. The summed E-state index contributed by atoms with van der Waals surface area (Å²) >= 11 is 0. The van der Waals surface area contributed by atoms with Gasteiger partial charge in [0.15, 0.2) is 0 Å². The van der Waals surface area contributed by atoms with E-state index in [2.05, 4.69) is 41.5 Å². The molecule has 0 fully saturated rings. The fourth-order valence-electron chi connectivity index (χ4n) is 2.87. The van der Waals surface area contributed by atoms with Crippen LogP contribution < -0.4 is 0 Å². The zero-order chi connectivity index (χ0) is 20.8. The van der Waals surface area contributed by atoms with Crippen LogP contribution in [0.5, 0.6) is 0 Å². The zero-order valence-corrected chi connectivity index (χ0v) is 22.5. The van der Waals surface area contributed by atoms with Crippen molar-refractivity contribution in [3.63, 3.8) is 0 Å². The van der Waals surface area contributed by atoms with E-state index < -0.39 is 0 Å². The summed E-state index contributed by atoms with van der Waals surface area (Å²) in [4.78, 5) is 0. The molecule has 0 aromatic rings. The molecule has 0 spiro atoms. The minimum absolute atomic E-state index is 0. The average molecular weight is 447 g/mol. The monoisotopic (exact) mass is 446 g/mol. The molecule has 0 aliphatic rings. The molecule has 0 unspecified atom stereocenters. The minimum atomic E-state index is 0. The van der Waals surface area contributed by atoms with Crippen LogP contribution in [0.3, 0.4) is 0 Å². The van der Waals surface area contributed by atoms with Crippen LogP contribution in [0.15, 0.2) is 0 Å². The molecule has 0 aliphatic heterocycles. The molecule has 0 atom stereocenters. The quantitative estimate of drug-likeness (QED) is 0.117. The van der Waals surface area contributed by atoms with E-state index in [1.54, 1.807) is 0 Å². The Kier molecular flexibility index (Phi) is 64.6. The predicted octanol–water partition coefficient (Wildman–Crippen LogP) is 10.5. The van der Waals surface area contributed by atoms with Gasteiger partial charge in [-0.3, -0.25) is 0 Å². The van der Waals surface area contributed by atoms with Crippen molar-refractivity contribution in [2.45, 2.75) is 156 Å². The van der Waals surface area contributed by atoms with Gasteiger partial charge in [0, 0.05) is 0 Å². The van der Waals surface area contributed by atoms with Crippen LogP contribution in [0.4, 0.5) is 0 Å². The van der Waals surface area contributed by atoms with E-state index in [-0.39, 0.29) is 27.2 Å². The molecule has 0 amide bonds. The summed E-state index contributed by atoms with van der Waals surface area (Å²) in [5.41, 5.74) is 0. The number of rotatable bonds is 18. The third kappa shape index (κ3) is 58.5. The Morgan fingerprint density at radius 3 is 0.690 bits per heavy atom. The molecule has 1 N–H and O–H groups in total. The first-order valence-electron chi connectivity index (χ1n) is 12.6. The van der Waals surface area contributed by atoms with Gasteiger partial charge in [-0.25, -0.2) is 0 Å². The van der Waals surface area contributed by atoms with E-state index in [9.17, 15) is 0 Å². The summed E-state index contributed by atoms with van der Waals surface area (Å²) < 4.78 is 0. The van der Waals surface area contributed by atoms with Crippen molar-refractivity contribution in [2.75, 3.05) is 0 Å². The van der Waals surface area contributed by atoms with E-state index in [0.717, 1.165) is 19.3 Å². The maximum Gasteiger partial charge on any atom is 4.00 e. The minimum Gasteiger partial charge on any atom is -0.870 e. The van der Waals surface area contributed by atoms with Gasteiger partial charge in [-0.1, -0.05) is 136 Å². The summed E-state index contributed by atoms with van der Waals surface area (Å²) in [6, 6.07) is 0. The van der Waals surface area contributed by atoms with E-state index in [1.807, 2.05) is 0 Å². The molecule has 0 radical (unpaired) electrons. The predicted molar refractivity (Wildman–Crippen MR) is 132 cm³/mol. The second kappa shape index (κ2) is 46.7. The van der Waals surface area contributed by atoms with Crippen LogP contribution in [0.1, 0.15) is 156 Å². The van der Waals surface area contributed by atoms with Gasteiger partial charge in [0.25, 0.3) is 0 Å². The van der Waals surface area contributed by atoms with Crippen LogP contribution in [-0.4, -0.2) is 5.48 Å². The first-order valence-corrected chi connectivity index (χ1v) is 12.6. The molecule has 176 valence electrons. The van der Waals surface area contributed by atoms with Gasteiger partial charge in [0.05, 0.1) is 0 Å². The van der Waals surface area contributed by atoms with Crippen LogP contribution in [0.25, 0.3) is 0 Å². The van der Waals surface area contributed by atoms with Crippen LogP contribution >= 0.6 is 0 Å². The Balaban J connectivity index is -0.0000000960. The molecule has 0 saturated carbocycles. The molecule has 0 bridgehead atoms. The third-order valence-corrected chi connectivity index (χ3v) is 4.81.